The number of aromatic nitrogens is 2. The van der Waals surface area contributed by atoms with Crippen LogP contribution in [0.15, 0.2) is 73.1 Å². The SMILES string of the molecule is COc1ccc(CN(Cc2ccc(OC)cc2)c2nccc3cc(N)ncc23)cc1. The lowest BCUT2D eigenvalue weighted by molar-refractivity contribution is 0.414. The minimum absolute atomic E-state index is 0.497. The zero-order valence-corrected chi connectivity index (χ0v) is 17.1. The van der Waals surface area contributed by atoms with Gasteiger partial charge in [-0.05, 0) is 52.9 Å². The molecule has 0 unspecified atom stereocenters. The van der Waals surface area contributed by atoms with Crippen LogP contribution in [0.2, 0.25) is 0 Å². The topological polar surface area (TPSA) is 73.5 Å². The molecule has 0 aliphatic carbocycles. The highest BCUT2D eigenvalue weighted by Gasteiger charge is 2.14. The van der Waals surface area contributed by atoms with Crippen LogP contribution in [0.1, 0.15) is 11.1 Å². The molecule has 0 atom stereocenters. The van der Waals surface area contributed by atoms with Gasteiger partial charge in [-0.1, -0.05) is 24.3 Å². The Bertz CT molecular complexity index is 1080. The fraction of sp³-hybridized carbons (Fsp3) is 0.167. The maximum Gasteiger partial charge on any atom is 0.138 e. The highest BCUT2D eigenvalue weighted by atomic mass is 16.5. The molecule has 6 nitrogen and oxygen atoms in total. The summed E-state index contributed by atoms with van der Waals surface area (Å²) in [6, 6.07) is 20.0. The molecule has 0 saturated carbocycles. The number of nitrogens with two attached hydrogens (primary N) is 1. The lowest BCUT2D eigenvalue weighted by Crippen LogP contribution is -2.23. The third-order valence-corrected chi connectivity index (χ3v) is 5.01. The van der Waals surface area contributed by atoms with Crippen molar-refractivity contribution >= 4 is 22.4 Å². The molecule has 0 spiro atoms. The summed E-state index contributed by atoms with van der Waals surface area (Å²) in [7, 11) is 3.34. The molecule has 2 aromatic heterocycles. The molecule has 30 heavy (non-hydrogen) atoms. The van der Waals surface area contributed by atoms with Crippen molar-refractivity contribution in [1.82, 2.24) is 9.97 Å². The van der Waals surface area contributed by atoms with Crippen LogP contribution in [0.3, 0.4) is 0 Å². The van der Waals surface area contributed by atoms with Crippen LogP contribution in [0.5, 0.6) is 11.5 Å². The minimum atomic E-state index is 0.497. The zero-order valence-electron chi connectivity index (χ0n) is 17.1. The third-order valence-electron chi connectivity index (χ3n) is 5.01. The second-order valence-corrected chi connectivity index (χ2v) is 7.02. The number of methoxy groups -OCH3 is 2. The summed E-state index contributed by atoms with van der Waals surface area (Å²) in [6.45, 7) is 1.37. The van der Waals surface area contributed by atoms with Gasteiger partial charge in [-0.3, -0.25) is 0 Å². The van der Waals surface area contributed by atoms with Gasteiger partial charge in [0.25, 0.3) is 0 Å². The molecule has 0 saturated heterocycles. The lowest BCUT2D eigenvalue weighted by atomic mass is 10.1. The maximum absolute atomic E-state index is 5.88. The van der Waals surface area contributed by atoms with Gasteiger partial charge in [0.1, 0.15) is 23.1 Å². The van der Waals surface area contributed by atoms with Crippen molar-refractivity contribution in [3.63, 3.8) is 0 Å². The van der Waals surface area contributed by atoms with E-state index in [4.69, 9.17) is 20.2 Å². The second kappa shape index (κ2) is 8.69. The Morgan fingerprint density at radius 2 is 1.37 bits per heavy atom. The Morgan fingerprint density at radius 3 is 1.90 bits per heavy atom. The molecule has 2 heterocycles. The van der Waals surface area contributed by atoms with Gasteiger partial charge in [0.2, 0.25) is 0 Å². The van der Waals surface area contributed by atoms with Gasteiger partial charge >= 0.3 is 0 Å². The summed E-state index contributed by atoms with van der Waals surface area (Å²) in [5.41, 5.74) is 8.20. The van der Waals surface area contributed by atoms with Gasteiger partial charge in [-0.15, -0.1) is 0 Å². The Morgan fingerprint density at radius 1 is 0.800 bits per heavy atom. The molecule has 6 heteroatoms. The highest BCUT2D eigenvalue weighted by Crippen LogP contribution is 2.28. The number of nitrogen functional groups attached to an aromatic ring is 1. The first kappa shape index (κ1) is 19.5. The first-order chi connectivity index (χ1) is 14.7. The maximum atomic E-state index is 5.88. The van der Waals surface area contributed by atoms with Crippen LogP contribution in [0.25, 0.3) is 10.8 Å². The smallest absolute Gasteiger partial charge is 0.138 e. The average Bonchev–Trinajstić information content (AvgIpc) is 2.79. The van der Waals surface area contributed by atoms with Crippen molar-refractivity contribution < 1.29 is 9.47 Å². The van der Waals surface area contributed by atoms with Crippen LogP contribution in [0, 0.1) is 0 Å². The van der Waals surface area contributed by atoms with Gasteiger partial charge in [0.05, 0.1) is 14.2 Å². The molecule has 4 aromatic rings. The van der Waals surface area contributed by atoms with E-state index in [-0.39, 0.29) is 0 Å². The Labute approximate surface area is 175 Å². The van der Waals surface area contributed by atoms with Gasteiger partial charge < -0.3 is 20.1 Å². The molecular weight excluding hydrogens is 376 g/mol. The molecule has 2 N–H and O–H groups in total. The molecule has 4 rings (SSSR count). The molecule has 152 valence electrons. The Kier molecular flexibility index (Phi) is 5.66. The highest BCUT2D eigenvalue weighted by molar-refractivity contribution is 5.92. The van der Waals surface area contributed by atoms with Gasteiger partial charge in [0.15, 0.2) is 0 Å². The number of hydrogen-bond donors (Lipinski definition) is 1. The van der Waals surface area contributed by atoms with Crippen LogP contribution >= 0.6 is 0 Å². The van der Waals surface area contributed by atoms with Crippen molar-refractivity contribution in [2.24, 2.45) is 0 Å². The summed E-state index contributed by atoms with van der Waals surface area (Å²) in [5, 5.41) is 1.98. The summed E-state index contributed by atoms with van der Waals surface area (Å²) in [4.78, 5) is 11.2. The number of ether oxygens (including phenoxy) is 2. The minimum Gasteiger partial charge on any atom is -0.497 e. The Balaban J connectivity index is 1.72. The molecule has 0 bridgehead atoms. The monoisotopic (exact) mass is 400 g/mol. The van der Waals surface area contributed by atoms with E-state index >= 15 is 0 Å². The molecule has 0 radical (unpaired) electrons. The predicted octanol–water partition coefficient (Wildman–Crippen LogP) is 4.44. The number of nitrogens with zero attached hydrogens (tertiary/aromatic N) is 3. The Hall–Kier alpha value is -3.80. The number of pyridine rings is 2. The second-order valence-electron chi connectivity index (χ2n) is 7.02. The molecule has 0 aliphatic rings. The van der Waals surface area contributed by atoms with Crippen LogP contribution in [-0.2, 0) is 13.1 Å². The predicted molar refractivity (Wildman–Crippen MR) is 120 cm³/mol. The number of anilines is 2. The number of hydrogen-bond acceptors (Lipinski definition) is 6. The van der Waals surface area contributed by atoms with Gasteiger partial charge in [0, 0.05) is 30.9 Å². The van der Waals surface area contributed by atoms with E-state index in [1.54, 1.807) is 20.4 Å². The molecule has 2 aromatic carbocycles. The largest absolute Gasteiger partial charge is 0.497 e. The van der Waals surface area contributed by atoms with Crippen LogP contribution < -0.4 is 20.1 Å². The summed E-state index contributed by atoms with van der Waals surface area (Å²) in [6.07, 6.45) is 3.61. The molecule has 0 fully saturated rings. The molecule has 0 amide bonds. The van der Waals surface area contributed by atoms with Crippen molar-refractivity contribution in [3.8, 4) is 11.5 Å². The van der Waals surface area contributed by atoms with Crippen LogP contribution in [0.4, 0.5) is 11.6 Å². The van der Waals surface area contributed by atoms with E-state index in [2.05, 4.69) is 34.1 Å². The van der Waals surface area contributed by atoms with Crippen molar-refractivity contribution in [1.29, 1.82) is 0 Å². The average molecular weight is 400 g/mol. The zero-order chi connectivity index (χ0) is 20.9. The van der Waals surface area contributed by atoms with E-state index in [1.807, 2.05) is 42.6 Å². The van der Waals surface area contributed by atoms with Gasteiger partial charge in [-0.25, -0.2) is 9.97 Å². The summed E-state index contributed by atoms with van der Waals surface area (Å²) in [5.74, 6) is 3.04. The normalized spacial score (nSPS) is 10.7. The quantitative estimate of drug-likeness (QED) is 0.495. The molecular formula is C24H24N4O2. The fourth-order valence-electron chi connectivity index (χ4n) is 3.43. The number of fused-ring (bicyclic) bond motifs is 1. The van der Waals surface area contributed by atoms with Crippen molar-refractivity contribution in [2.75, 3.05) is 24.9 Å². The first-order valence-electron chi connectivity index (χ1n) is 9.67. The third kappa shape index (κ3) is 4.27. The van der Waals surface area contributed by atoms with Gasteiger partial charge in [-0.2, -0.15) is 0 Å². The number of rotatable bonds is 7. The van der Waals surface area contributed by atoms with Crippen molar-refractivity contribution in [2.45, 2.75) is 13.1 Å². The lowest BCUT2D eigenvalue weighted by Gasteiger charge is -2.25. The summed E-state index contributed by atoms with van der Waals surface area (Å²) < 4.78 is 10.6. The van der Waals surface area contributed by atoms with E-state index in [1.165, 1.54) is 0 Å². The van der Waals surface area contributed by atoms with E-state index in [9.17, 15) is 0 Å². The number of benzene rings is 2. The standard InChI is InChI=1S/C24H24N4O2/c1-29-20-7-3-17(4-8-20)15-28(16-18-5-9-21(30-2)10-6-18)24-22-14-27-23(25)13-19(22)11-12-26-24/h3-14H,15-16H2,1-2H3,(H2,25,27). The van der Waals surface area contributed by atoms with Crippen molar-refractivity contribution in [3.05, 3.63) is 84.2 Å². The van der Waals surface area contributed by atoms with E-state index < -0.39 is 0 Å². The van der Waals surface area contributed by atoms with Crippen LogP contribution in [-0.4, -0.2) is 24.2 Å². The van der Waals surface area contributed by atoms with E-state index in [0.717, 1.165) is 39.2 Å². The summed E-state index contributed by atoms with van der Waals surface area (Å²) >= 11 is 0. The first-order valence-corrected chi connectivity index (χ1v) is 9.67. The fourth-order valence-corrected chi connectivity index (χ4v) is 3.43. The van der Waals surface area contributed by atoms with E-state index in [0.29, 0.717) is 18.9 Å². The molecule has 0 aliphatic heterocycles.